The second kappa shape index (κ2) is 8.75. The molecule has 0 bridgehead atoms. The molecule has 0 spiro atoms. The summed E-state index contributed by atoms with van der Waals surface area (Å²) in [7, 11) is 0. The highest BCUT2D eigenvalue weighted by Gasteiger charge is 2.13. The van der Waals surface area contributed by atoms with Crippen molar-refractivity contribution < 1.29 is 19.4 Å². The molecule has 0 amide bonds. The minimum Gasteiger partial charge on any atom is -0.508 e. The second-order valence-corrected chi connectivity index (χ2v) is 7.33. The van der Waals surface area contributed by atoms with Gasteiger partial charge in [-0.05, 0) is 41.5 Å². The summed E-state index contributed by atoms with van der Waals surface area (Å²) in [6.45, 7) is 9.11. The number of benzene rings is 2. The van der Waals surface area contributed by atoms with Gasteiger partial charge in [-0.25, -0.2) is 0 Å². The van der Waals surface area contributed by atoms with Crippen LogP contribution in [0.2, 0.25) is 0 Å². The fourth-order valence-electron chi connectivity index (χ4n) is 2.62. The zero-order chi connectivity index (χ0) is 19.2. The molecule has 140 valence electrons. The lowest BCUT2D eigenvalue weighted by molar-refractivity contribution is -0.143. The largest absolute Gasteiger partial charge is 0.508 e. The summed E-state index contributed by atoms with van der Waals surface area (Å²) in [5.74, 6) is 0.501. The number of rotatable bonds is 7. The first-order chi connectivity index (χ1) is 12.3. The summed E-state index contributed by atoms with van der Waals surface area (Å²) in [5.41, 5.74) is 3.32. The molecular weight excluding hydrogens is 328 g/mol. The van der Waals surface area contributed by atoms with E-state index in [1.807, 2.05) is 0 Å². The lowest BCUT2D eigenvalue weighted by Crippen LogP contribution is -2.11. The molecule has 0 aliphatic carbocycles. The molecule has 4 nitrogen and oxygen atoms in total. The Bertz CT molecular complexity index is 727. The average Bonchev–Trinajstić information content (AvgIpc) is 2.59. The topological polar surface area (TPSA) is 55.8 Å². The van der Waals surface area contributed by atoms with E-state index < -0.39 is 0 Å². The van der Waals surface area contributed by atoms with Crippen LogP contribution in [0, 0.1) is 0 Å². The van der Waals surface area contributed by atoms with E-state index in [0.29, 0.717) is 25.4 Å². The third-order valence-electron chi connectivity index (χ3n) is 4.17. The van der Waals surface area contributed by atoms with E-state index >= 15 is 0 Å². The number of phenols is 1. The van der Waals surface area contributed by atoms with E-state index in [2.05, 4.69) is 45.0 Å². The number of carbonyl (C=O) groups is 1. The van der Waals surface area contributed by atoms with Crippen molar-refractivity contribution in [2.75, 3.05) is 6.61 Å². The predicted molar refractivity (Wildman–Crippen MR) is 103 cm³/mol. The Labute approximate surface area is 155 Å². The van der Waals surface area contributed by atoms with Crippen LogP contribution in [0.1, 0.15) is 50.8 Å². The van der Waals surface area contributed by atoms with Crippen molar-refractivity contribution in [2.24, 2.45) is 0 Å². The van der Waals surface area contributed by atoms with Gasteiger partial charge in [0.05, 0.1) is 6.61 Å². The van der Waals surface area contributed by atoms with Crippen LogP contribution in [0.4, 0.5) is 0 Å². The minimum absolute atomic E-state index is 0.116. The maximum absolute atomic E-state index is 11.6. The summed E-state index contributed by atoms with van der Waals surface area (Å²) >= 11 is 0. The Morgan fingerprint density at radius 1 is 1.08 bits per heavy atom. The van der Waals surface area contributed by atoms with Gasteiger partial charge >= 0.3 is 5.97 Å². The SMILES string of the molecule is CCOC(=O)CCc1ccc(O)cc1OCc1ccc(C(C)(C)C)cc1. The summed E-state index contributed by atoms with van der Waals surface area (Å²) in [4.78, 5) is 11.6. The average molecular weight is 356 g/mol. The van der Waals surface area contributed by atoms with E-state index in [1.165, 1.54) is 5.56 Å². The first-order valence-corrected chi connectivity index (χ1v) is 8.99. The molecule has 0 aliphatic rings. The van der Waals surface area contributed by atoms with E-state index in [1.54, 1.807) is 25.1 Å². The third kappa shape index (κ3) is 5.80. The van der Waals surface area contributed by atoms with Gasteiger partial charge in [0.2, 0.25) is 0 Å². The van der Waals surface area contributed by atoms with Gasteiger partial charge in [0.1, 0.15) is 18.1 Å². The minimum atomic E-state index is -0.232. The Hall–Kier alpha value is -2.49. The smallest absolute Gasteiger partial charge is 0.306 e. The van der Waals surface area contributed by atoms with Gasteiger partial charge in [-0.3, -0.25) is 4.79 Å². The van der Waals surface area contributed by atoms with E-state index in [0.717, 1.165) is 11.1 Å². The predicted octanol–water partition coefficient (Wildman–Crippen LogP) is 4.76. The lowest BCUT2D eigenvalue weighted by atomic mass is 9.87. The second-order valence-electron chi connectivity index (χ2n) is 7.33. The van der Waals surface area contributed by atoms with Crippen LogP contribution in [-0.2, 0) is 28.0 Å². The summed E-state index contributed by atoms with van der Waals surface area (Å²) in [6, 6.07) is 13.3. The van der Waals surface area contributed by atoms with Gasteiger partial charge in [-0.1, -0.05) is 51.1 Å². The molecule has 4 heteroatoms. The molecule has 26 heavy (non-hydrogen) atoms. The van der Waals surface area contributed by atoms with Crippen LogP contribution < -0.4 is 4.74 Å². The zero-order valence-corrected chi connectivity index (χ0v) is 16.0. The molecule has 2 aromatic rings. The number of hydrogen-bond donors (Lipinski definition) is 1. The maximum Gasteiger partial charge on any atom is 0.306 e. The van der Waals surface area contributed by atoms with E-state index in [-0.39, 0.29) is 23.6 Å². The van der Waals surface area contributed by atoms with Crippen LogP contribution in [0.3, 0.4) is 0 Å². The van der Waals surface area contributed by atoms with Gasteiger partial charge in [-0.15, -0.1) is 0 Å². The first-order valence-electron chi connectivity index (χ1n) is 8.99. The summed E-state index contributed by atoms with van der Waals surface area (Å²) in [5, 5.41) is 9.75. The molecule has 0 saturated carbocycles. The molecule has 2 aromatic carbocycles. The maximum atomic E-state index is 11.6. The van der Waals surface area contributed by atoms with Crippen LogP contribution in [-0.4, -0.2) is 17.7 Å². The Kier molecular flexibility index (Phi) is 6.67. The number of ether oxygens (including phenoxy) is 2. The molecular formula is C22H28O4. The molecule has 0 aliphatic heterocycles. The summed E-state index contributed by atoms with van der Waals surface area (Å²) < 4.78 is 10.9. The molecule has 0 aromatic heterocycles. The van der Waals surface area contributed by atoms with Crippen molar-refractivity contribution in [3.63, 3.8) is 0 Å². The van der Waals surface area contributed by atoms with Crippen LogP contribution in [0.15, 0.2) is 42.5 Å². The standard InChI is InChI=1S/C22H28O4/c1-5-25-21(24)13-9-17-8-12-19(23)14-20(17)26-15-16-6-10-18(11-7-16)22(2,3)4/h6-8,10-12,14,23H,5,9,13,15H2,1-4H3. The fraction of sp³-hybridized carbons (Fsp3) is 0.409. The normalized spacial score (nSPS) is 11.2. The first kappa shape index (κ1) is 19.8. The van der Waals surface area contributed by atoms with Crippen molar-refractivity contribution in [1.82, 2.24) is 0 Å². The van der Waals surface area contributed by atoms with Crippen molar-refractivity contribution >= 4 is 5.97 Å². The van der Waals surface area contributed by atoms with Gasteiger partial charge in [-0.2, -0.15) is 0 Å². The number of aryl methyl sites for hydroxylation is 1. The van der Waals surface area contributed by atoms with Crippen molar-refractivity contribution in [2.45, 2.75) is 52.6 Å². The number of phenolic OH excluding ortho intramolecular Hbond substituents is 1. The molecule has 0 saturated heterocycles. The Morgan fingerprint density at radius 2 is 1.77 bits per heavy atom. The lowest BCUT2D eigenvalue weighted by Gasteiger charge is -2.19. The van der Waals surface area contributed by atoms with Crippen molar-refractivity contribution in [3.8, 4) is 11.5 Å². The number of hydrogen-bond acceptors (Lipinski definition) is 4. The number of esters is 1. The molecule has 0 heterocycles. The molecule has 2 rings (SSSR count). The number of aromatic hydroxyl groups is 1. The van der Waals surface area contributed by atoms with Crippen LogP contribution in [0.5, 0.6) is 11.5 Å². The van der Waals surface area contributed by atoms with Gasteiger partial charge in [0, 0.05) is 12.5 Å². The van der Waals surface area contributed by atoms with E-state index in [4.69, 9.17) is 9.47 Å². The molecule has 0 unspecified atom stereocenters. The highest BCUT2D eigenvalue weighted by Crippen LogP contribution is 2.27. The molecule has 0 radical (unpaired) electrons. The highest BCUT2D eigenvalue weighted by molar-refractivity contribution is 5.69. The molecule has 1 N–H and O–H groups in total. The zero-order valence-electron chi connectivity index (χ0n) is 16.0. The van der Waals surface area contributed by atoms with Gasteiger partial charge in [0.15, 0.2) is 0 Å². The van der Waals surface area contributed by atoms with Crippen molar-refractivity contribution in [1.29, 1.82) is 0 Å². The highest BCUT2D eigenvalue weighted by atomic mass is 16.5. The van der Waals surface area contributed by atoms with E-state index in [9.17, 15) is 9.90 Å². The summed E-state index contributed by atoms with van der Waals surface area (Å²) in [6.07, 6.45) is 0.798. The number of carbonyl (C=O) groups excluding carboxylic acids is 1. The van der Waals surface area contributed by atoms with Gasteiger partial charge < -0.3 is 14.6 Å². The Balaban J connectivity index is 2.04. The van der Waals surface area contributed by atoms with Crippen molar-refractivity contribution in [3.05, 3.63) is 59.2 Å². The molecule has 0 fully saturated rings. The Morgan fingerprint density at radius 3 is 2.38 bits per heavy atom. The monoisotopic (exact) mass is 356 g/mol. The molecule has 0 atom stereocenters. The quantitative estimate of drug-likeness (QED) is 0.727. The fourth-order valence-corrected chi connectivity index (χ4v) is 2.62. The van der Waals surface area contributed by atoms with Gasteiger partial charge in [0.25, 0.3) is 0 Å². The third-order valence-corrected chi connectivity index (χ3v) is 4.17. The van der Waals surface area contributed by atoms with Crippen LogP contribution in [0.25, 0.3) is 0 Å². The van der Waals surface area contributed by atoms with Crippen LogP contribution >= 0.6 is 0 Å².